The van der Waals surface area contributed by atoms with Crippen LogP contribution in [0.4, 0.5) is 0 Å². The van der Waals surface area contributed by atoms with Crippen molar-refractivity contribution >= 4 is 23.3 Å². The van der Waals surface area contributed by atoms with Gasteiger partial charge in [0.25, 0.3) is 5.91 Å². The Morgan fingerprint density at radius 3 is 2.85 bits per heavy atom. The number of aromatic nitrogens is 2. The van der Waals surface area contributed by atoms with E-state index in [9.17, 15) is 10.1 Å². The molecule has 26 heavy (non-hydrogen) atoms. The Balaban J connectivity index is 1.84. The Morgan fingerprint density at radius 2 is 2.19 bits per heavy atom. The van der Waals surface area contributed by atoms with Crippen molar-refractivity contribution in [2.45, 2.75) is 52.5 Å². The van der Waals surface area contributed by atoms with Crippen LogP contribution in [-0.4, -0.2) is 21.5 Å². The highest BCUT2D eigenvalue weighted by Crippen LogP contribution is 2.25. The van der Waals surface area contributed by atoms with Crippen molar-refractivity contribution in [3.63, 3.8) is 0 Å². The molecule has 5 nitrogen and oxygen atoms in total. The number of amides is 1. The molecule has 0 spiro atoms. The molecule has 2 aromatic heterocycles. The lowest BCUT2D eigenvalue weighted by Gasteiger charge is -2.29. The zero-order chi connectivity index (χ0) is 18.7. The van der Waals surface area contributed by atoms with Crippen LogP contribution in [0.5, 0.6) is 0 Å². The molecule has 0 aliphatic heterocycles. The van der Waals surface area contributed by atoms with Gasteiger partial charge < -0.3 is 5.32 Å². The number of hydrogen-bond donors (Lipinski definition) is 1. The summed E-state index contributed by atoms with van der Waals surface area (Å²) in [6.07, 6.45) is 7.94. The number of rotatable bonds is 4. The molecule has 1 N–H and O–H groups in total. The first kappa shape index (κ1) is 18.4. The normalized spacial score (nSPS) is 20.6. The van der Waals surface area contributed by atoms with Gasteiger partial charge in [-0.15, -0.1) is 11.3 Å². The number of hydrogen-bond acceptors (Lipinski definition) is 4. The van der Waals surface area contributed by atoms with Gasteiger partial charge in [-0.2, -0.15) is 5.26 Å². The van der Waals surface area contributed by atoms with Crippen LogP contribution in [0.25, 0.3) is 11.2 Å². The van der Waals surface area contributed by atoms with E-state index in [1.807, 2.05) is 29.9 Å². The lowest BCUT2D eigenvalue weighted by Crippen LogP contribution is -2.41. The first-order valence-corrected chi connectivity index (χ1v) is 9.90. The fraction of sp³-hybridized carbons (Fsp3) is 0.450. The minimum atomic E-state index is -0.273. The van der Waals surface area contributed by atoms with E-state index in [1.54, 1.807) is 23.6 Å². The molecule has 0 bridgehead atoms. The molecule has 2 atom stereocenters. The van der Waals surface area contributed by atoms with Gasteiger partial charge in [0.1, 0.15) is 11.6 Å². The molecule has 3 rings (SSSR count). The Labute approximate surface area is 158 Å². The summed E-state index contributed by atoms with van der Waals surface area (Å²) in [4.78, 5) is 17.0. The molecular weight excluding hydrogens is 344 g/mol. The molecule has 6 heteroatoms. The number of nitrogens with zero attached hydrogens (tertiary/aromatic N) is 3. The summed E-state index contributed by atoms with van der Waals surface area (Å²) >= 11 is 1.56. The Bertz CT molecular complexity index is 857. The van der Waals surface area contributed by atoms with Gasteiger partial charge in [-0.25, -0.2) is 4.98 Å². The molecule has 0 aromatic carbocycles. The second kappa shape index (κ2) is 7.88. The van der Waals surface area contributed by atoms with Gasteiger partial charge in [0.2, 0.25) is 0 Å². The first-order chi connectivity index (χ1) is 12.5. The summed E-state index contributed by atoms with van der Waals surface area (Å²) in [6.45, 7) is 6.15. The third kappa shape index (κ3) is 3.73. The van der Waals surface area contributed by atoms with Crippen LogP contribution >= 0.6 is 11.3 Å². The Morgan fingerprint density at radius 1 is 1.42 bits per heavy atom. The number of nitriles is 1. The summed E-state index contributed by atoms with van der Waals surface area (Å²) in [5.41, 5.74) is 3.04. The molecule has 136 valence electrons. The van der Waals surface area contributed by atoms with Gasteiger partial charge in [-0.3, -0.25) is 9.36 Å². The Hall–Kier alpha value is -2.39. The molecule has 1 aliphatic rings. The van der Waals surface area contributed by atoms with Crippen molar-refractivity contribution < 1.29 is 4.79 Å². The van der Waals surface area contributed by atoms with Crippen molar-refractivity contribution in [1.29, 1.82) is 5.26 Å². The van der Waals surface area contributed by atoms with Crippen LogP contribution in [0, 0.1) is 31.1 Å². The smallest absolute Gasteiger partial charge is 0.262 e. The molecule has 0 radical (unpaired) electrons. The van der Waals surface area contributed by atoms with Crippen molar-refractivity contribution in [3.8, 4) is 11.2 Å². The van der Waals surface area contributed by atoms with Crippen molar-refractivity contribution in [2.75, 3.05) is 0 Å². The summed E-state index contributed by atoms with van der Waals surface area (Å²) in [5.74, 6) is 0.188. The fourth-order valence-electron chi connectivity index (χ4n) is 3.64. The maximum Gasteiger partial charge on any atom is 0.262 e. The van der Waals surface area contributed by atoms with Crippen molar-refractivity contribution in [3.05, 3.63) is 40.2 Å². The average molecular weight is 369 g/mol. The monoisotopic (exact) mass is 368 g/mol. The van der Waals surface area contributed by atoms with Gasteiger partial charge in [0.15, 0.2) is 5.13 Å². The molecule has 2 aromatic rings. The van der Waals surface area contributed by atoms with Crippen LogP contribution in [0.15, 0.2) is 23.2 Å². The maximum atomic E-state index is 12.6. The predicted molar refractivity (Wildman–Crippen MR) is 104 cm³/mol. The lowest BCUT2D eigenvalue weighted by molar-refractivity contribution is -0.118. The second-order valence-corrected chi connectivity index (χ2v) is 7.86. The van der Waals surface area contributed by atoms with Gasteiger partial charge >= 0.3 is 0 Å². The topological polar surface area (TPSA) is 70.7 Å². The number of thiazole rings is 1. The summed E-state index contributed by atoms with van der Waals surface area (Å²) in [7, 11) is 0. The number of carbonyl (C=O) groups is 1. The fourth-order valence-corrected chi connectivity index (χ4v) is 4.39. The number of nitrogens with one attached hydrogen (secondary N) is 1. The molecule has 1 fully saturated rings. The average Bonchev–Trinajstić information content (AvgIpc) is 3.22. The van der Waals surface area contributed by atoms with E-state index in [1.165, 1.54) is 6.42 Å². The zero-order valence-electron chi connectivity index (χ0n) is 15.5. The molecule has 1 amide bonds. The highest BCUT2D eigenvalue weighted by molar-refractivity contribution is 7.12. The molecule has 1 saturated carbocycles. The minimum Gasteiger partial charge on any atom is -0.348 e. The Kier molecular flexibility index (Phi) is 5.58. The van der Waals surface area contributed by atoms with E-state index in [0.29, 0.717) is 5.92 Å². The molecule has 0 unspecified atom stereocenters. The minimum absolute atomic E-state index is 0.155. The third-order valence-corrected chi connectivity index (χ3v) is 5.93. The number of carbonyl (C=O) groups excluding carboxylic acids is 1. The number of aryl methyl sites for hydroxylation is 1. The third-order valence-electron chi connectivity index (χ3n) is 5.17. The SMILES string of the molecule is Cc1cc(/C=C(\C#N)C(=O)N[C@H]2CCCC[C@@H]2C)c(C)n1-c1nccs1. The highest BCUT2D eigenvalue weighted by atomic mass is 32.1. The maximum absolute atomic E-state index is 12.6. The first-order valence-electron chi connectivity index (χ1n) is 9.02. The van der Waals surface area contributed by atoms with Crippen molar-refractivity contribution in [2.24, 2.45) is 5.92 Å². The molecular formula is C20H24N4OS. The lowest BCUT2D eigenvalue weighted by atomic mass is 9.86. The van der Waals surface area contributed by atoms with E-state index < -0.39 is 0 Å². The van der Waals surface area contributed by atoms with Crippen LogP contribution in [0.1, 0.15) is 49.6 Å². The van der Waals surface area contributed by atoms with Gasteiger partial charge in [0, 0.05) is 29.0 Å². The summed E-state index contributed by atoms with van der Waals surface area (Å²) < 4.78 is 2.05. The van der Waals surface area contributed by atoms with Crippen LogP contribution in [-0.2, 0) is 4.79 Å². The van der Waals surface area contributed by atoms with E-state index in [0.717, 1.165) is 41.3 Å². The molecule has 2 heterocycles. The summed E-state index contributed by atoms with van der Waals surface area (Å²) in [6, 6.07) is 4.23. The van der Waals surface area contributed by atoms with Crippen LogP contribution < -0.4 is 5.32 Å². The highest BCUT2D eigenvalue weighted by Gasteiger charge is 2.24. The zero-order valence-corrected chi connectivity index (χ0v) is 16.3. The standard InChI is InChI=1S/C20H24N4OS/c1-13-6-4-5-7-18(13)23-19(25)17(12-21)11-16-10-14(2)24(15(16)3)20-22-8-9-26-20/h8-11,13,18H,4-7H2,1-3H3,(H,23,25)/b17-11+/t13-,18-/m0/s1. The van der Waals surface area contributed by atoms with E-state index in [-0.39, 0.29) is 17.5 Å². The quantitative estimate of drug-likeness (QED) is 0.651. The molecule has 1 aliphatic carbocycles. The van der Waals surface area contributed by atoms with Gasteiger partial charge in [-0.05, 0) is 50.3 Å². The van der Waals surface area contributed by atoms with Crippen molar-refractivity contribution in [1.82, 2.24) is 14.9 Å². The van der Waals surface area contributed by atoms with E-state index in [4.69, 9.17) is 0 Å². The van der Waals surface area contributed by atoms with Gasteiger partial charge in [-0.1, -0.05) is 19.8 Å². The van der Waals surface area contributed by atoms with Crippen LogP contribution in [0.2, 0.25) is 0 Å². The second-order valence-electron chi connectivity index (χ2n) is 6.99. The van der Waals surface area contributed by atoms with E-state index >= 15 is 0 Å². The largest absolute Gasteiger partial charge is 0.348 e. The molecule has 0 saturated heterocycles. The van der Waals surface area contributed by atoms with Crippen LogP contribution in [0.3, 0.4) is 0 Å². The summed E-state index contributed by atoms with van der Waals surface area (Å²) in [5, 5.41) is 15.4. The predicted octanol–water partition coefficient (Wildman–Crippen LogP) is 4.15. The van der Waals surface area contributed by atoms with E-state index in [2.05, 4.69) is 23.3 Å². The van der Waals surface area contributed by atoms with Gasteiger partial charge in [0.05, 0.1) is 0 Å².